The topological polar surface area (TPSA) is 52.3 Å². The monoisotopic (exact) mass is 580 g/mol. The van der Waals surface area contributed by atoms with Crippen molar-refractivity contribution in [3.8, 4) is 0 Å². The Balaban J connectivity index is 0. The van der Waals surface area contributed by atoms with Gasteiger partial charge in [-0.2, -0.15) is 0 Å². The quantitative estimate of drug-likeness (QED) is 0.0490. The van der Waals surface area contributed by atoms with Gasteiger partial charge in [-0.05, 0) is 52.0 Å². The van der Waals surface area contributed by atoms with Crippen LogP contribution in [0.15, 0.2) is 12.2 Å². The number of unbranched alkanes of at least 4 members (excludes halogenated alkanes) is 26. The average Bonchev–Trinajstić information content (AvgIpc) is 2.97. The van der Waals surface area contributed by atoms with Crippen molar-refractivity contribution >= 4 is 5.97 Å². The molecule has 0 aliphatic carbocycles. The van der Waals surface area contributed by atoms with E-state index in [0.717, 1.165) is 13.0 Å². The molecular weight excluding hydrogens is 502 g/mol. The van der Waals surface area contributed by atoms with Gasteiger partial charge in [0.1, 0.15) is 0 Å². The second kappa shape index (κ2) is 41.3. The fraction of sp³-hybridized carbons (Fsp3) is 0.921. The van der Waals surface area contributed by atoms with Gasteiger partial charge < -0.3 is 10.5 Å². The predicted molar refractivity (Wildman–Crippen MR) is 185 cm³/mol. The third-order valence-corrected chi connectivity index (χ3v) is 8.01. The minimum absolute atomic E-state index is 0.0304. The Kier molecular flexibility index (Phi) is 42.6. The molecule has 2 N–H and O–H groups in total. The first-order valence-electron chi connectivity index (χ1n) is 18.7. The highest BCUT2D eigenvalue weighted by molar-refractivity contribution is 5.69. The highest BCUT2D eigenvalue weighted by Gasteiger charge is 2.00. The van der Waals surface area contributed by atoms with Gasteiger partial charge in [0.05, 0.1) is 6.61 Å². The van der Waals surface area contributed by atoms with Crippen LogP contribution in [-0.2, 0) is 9.53 Å². The van der Waals surface area contributed by atoms with Crippen LogP contribution in [-0.4, -0.2) is 19.1 Å². The number of esters is 1. The summed E-state index contributed by atoms with van der Waals surface area (Å²) in [7, 11) is 0. The van der Waals surface area contributed by atoms with E-state index < -0.39 is 0 Å². The van der Waals surface area contributed by atoms with Crippen molar-refractivity contribution in [1.82, 2.24) is 0 Å². The number of hydrogen-bond donors (Lipinski definition) is 1. The lowest BCUT2D eigenvalue weighted by atomic mass is 10.0. The normalized spacial score (nSPS) is 11.1. The summed E-state index contributed by atoms with van der Waals surface area (Å²) in [4.78, 5) is 11.2. The van der Waals surface area contributed by atoms with Crippen molar-refractivity contribution < 1.29 is 9.53 Å². The van der Waals surface area contributed by atoms with Crippen LogP contribution < -0.4 is 5.73 Å². The Bertz CT molecular complexity index is 491. The molecule has 41 heavy (non-hydrogen) atoms. The van der Waals surface area contributed by atoms with E-state index in [0.29, 0.717) is 13.0 Å². The van der Waals surface area contributed by atoms with Crippen LogP contribution in [0.3, 0.4) is 0 Å². The van der Waals surface area contributed by atoms with Crippen molar-refractivity contribution in [1.29, 1.82) is 0 Å². The zero-order chi connectivity index (χ0) is 30.3. The molecule has 0 aromatic carbocycles. The van der Waals surface area contributed by atoms with Crippen molar-refractivity contribution in [3.63, 3.8) is 0 Å². The Morgan fingerprint density at radius 2 is 0.780 bits per heavy atom. The van der Waals surface area contributed by atoms with Gasteiger partial charge >= 0.3 is 5.97 Å². The number of ether oxygens (including phenoxy) is 1. The second-order valence-corrected chi connectivity index (χ2v) is 12.2. The molecule has 0 rings (SSSR count). The molecule has 3 heteroatoms. The molecule has 0 radical (unpaired) electrons. The Morgan fingerprint density at radius 1 is 0.463 bits per heavy atom. The van der Waals surface area contributed by atoms with Crippen LogP contribution in [0, 0.1) is 0 Å². The number of allylic oxidation sites excluding steroid dienone is 2. The summed E-state index contributed by atoms with van der Waals surface area (Å²) >= 11 is 0. The maximum atomic E-state index is 11.2. The van der Waals surface area contributed by atoms with Gasteiger partial charge in [-0.15, -0.1) is 0 Å². The molecule has 0 bridgehead atoms. The van der Waals surface area contributed by atoms with Crippen molar-refractivity contribution in [2.45, 2.75) is 213 Å². The Hall–Kier alpha value is -0.830. The summed E-state index contributed by atoms with van der Waals surface area (Å²) in [5, 5.41) is 0. The number of carbonyl (C=O) groups excluding carboxylic acids is 1. The van der Waals surface area contributed by atoms with Crippen LogP contribution in [0.2, 0.25) is 0 Å². The van der Waals surface area contributed by atoms with E-state index in [4.69, 9.17) is 10.5 Å². The number of hydrogen-bond acceptors (Lipinski definition) is 3. The minimum Gasteiger partial charge on any atom is -0.466 e. The highest BCUT2D eigenvalue weighted by Crippen LogP contribution is 2.14. The Morgan fingerprint density at radius 3 is 1.12 bits per heavy atom. The Labute approximate surface area is 259 Å². The average molecular weight is 580 g/mol. The van der Waals surface area contributed by atoms with Crippen molar-refractivity contribution in [2.24, 2.45) is 5.73 Å². The molecule has 0 heterocycles. The largest absolute Gasteiger partial charge is 0.466 e. The summed E-state index contributed by atoms with van der Waals surface area (Å²) in [5.74, 6) is -0.0304. The SMILES string of the molecule is CCCCCCCC/C=C\CCCCCCCCN.CCCCCCCCCCCCCCCCCC(=O)OCC. The molecule has 0 unspecified atom stereocenters. The molecule has 0 saturated carbocycles. The van der Waals surface area contributed by atoms with Crippen molar-refractivity contribution in [3.05, 3.63) is 12.2 Å². The molecule has 0 amide bonds. The molecular formula is C38H77NO2. The van der Waals surface area contributed by atoms with E-state index in [1.54, 1.807) is 0 Å². The number of carbonyl (C=O) groups is 1. The lowest BCUT2D eigenvalue weighted by Crippen LogP contribution is -2.03. The zero-order valence-electron chi connectivity index (χ0n) is 28.7. The van der Waals surface area contributed by atoms with Crippen LogP contribution in [0.4, 0.5) is 0 Å². The van der Waals surface area contributed by atoms with Gasteiger partial charge in [-0.3, -0.25) is 4.79 Å². The van der Waals surface area contributed by atoms with Gasteiger partial charge in [-0.25, -0.2) is 0 Å². The zero-order valence-corrected chi connectivity index (χ0v) is 28.7. The van der Waals surface area contributed by atoms with Crippen molar-refractivity contribution in [2.75, 3.05) is 13.2 Å². The van der Waals surface area contributed by atoms with Gasteiger partial charge in [-0.1, -0.05) is 174 Å². The number of nitrogens with two attached hydrogens (primary N) is 1. The third-order valence-electron chi connectivity index (χ3n) is 8.01. The van der Waals surface area contributed by atoms with Crippen LogP contribution in [0.25, 0.3) is 0 Å². The van der Waals surface area contributed by atoms with E-state index in [9.17, 15) is 4.79 Å². The highest BCUT2D eigenvalue weighted by atomic mass is 16.5. The summed E-state index contributed by atoms with van der Waals surface area (Å²) in [6, 6.07) is 0. The fourth-order valence-electron chi connectivity index (χ4n) is 5.27. The fourth-order valence-corrected chi connectivity index (χ4v) is 5.27. The van der Waals surface area contributed by atoms with Gasteiger partial charge in [0.25, 0.3) is 0 Å². The van der Waals surface area contributed by atoms with E-state index in [2.05, 4.69) is 26.0 Å². The van der Waals surface area contributed by atoms with E-state index in [1.807, 2.05) is 6.92 Å². The van der Waals surface area contributed by atoms with E-state index >= 15 is 0 Å². The van der Waals surface area contributed by atoms with Gasteiger partial charge in [0, 0.05) is 6.42 Å². The number of rotatable bonds is 32. The molecule has 0 aromatic rings. The smallest absolute Gasteiger partial charge is 0.305 e. The molecule has 0 aromatic heterocycles. The lowest BCUT2D eigenvalue weighted by Gasteiger charge is -2.03. The van der Waals surface area contributed by atoms with Crippen LogP contribution >= 0.6 is 0 Å². The first kappa shape index (κ1) is 42.3. The third kappa shape index (κ3) is 43.8. The van der Waals surface area contributed by atoms with E-state index in [-0.39, 0.29) is 5.97 Å². The molecule has 3 nitrogen and oxygen atoms in total. The van der Waals surface area contributed by atoms with Gasteiger partial charge in [0.2, 0.25) is 0 Å². The van der Waals surface area contributed by atoms with Crippen LogP contribution in [0.5, 0.6) is 0 Å². The predicted octanol–water partition coefficient (Wildman–Crippen LogP) is 12.8. The summed E-state index contributed by atoms with van der Waals surface area (Å²) in [5.41, 5.74) is 5.47. The van der Waals surface area contributed by atoms with Gasteiger partial charge in [0.15, 0.2) is 0 Å². The maximum Gasteiger partial charge on any atom is 0.305 e. The molecule has 0 saturated heterocycles. The lowest BCUT2D eigenvalue weighted by molar-refractivity contribution is -0.143. The summed E-state index contributed by atoms with van der Waals surface area (Å²) in [6.45, 7) is 7.80. The second-order valence-electron chi connectivity index (χ2n) is 12.2. The molecule has 246 valence electrons. The maximum absolute atomic E-state index is 11.2. The molecule has 0 aliphatic heterocycles. The first-order valence-corrected chi connectivity index (χ1v) is 18.7. The standard InChI is InChI=1S/C20H40O2.C18H37N/c1-3-5-6-7-8-9-10-11-12-13-14-15-16-17-18-19-20(21)22-4-2;1-2-3-4-5-6-7-8-9-10-11-12-13-14-15-16-17-18-19/h3-19H2,1-2H3;9-10H,2-8,11-19H2,1H3/b;10-9-. The van der Waals surface area contributed by atoms with Crippen LogP contribution in [0.1, 0.15) is 213 Å². The summed E-state index contributed by atoms with van der Waals surface area (Å²) in [6.07, 6.45) is 44.9. The first-order chi connectivity index (χ1) is 20.2. The molecule has 0 atom stereocenters. The molecule has 0 aliphatic rings. The molecule has 0 fully saturated rings. The van der Waals surface area contributed by atoms with E-state index in [1.165, 1.54) is 180 Å². The molecule has 0 spiro atoms. The minimum atomic E-state index is -0.0304. The summed E-state index contributed by atoms with van der Waals surface area (Å²) < 4.78 is 4.92.